The van der Waals surface area contributed by atoms with Gasteiger partial charge >= 0.3 is 0 Å². The predicted molar refractivity (Wildman–Crippen MR) is 73.9 cm³/mol. The first kappa shape index (κ1) is 15.7. The summed E-state index contributed by atoms with van der Waals surface area (Å²) in [6, 6.07) is 0.637. The van der Waals surface area contributed by atoms with Gasteiger partial charge in [0, 0.05) is 19.1 Å². The molecular weight excluding hydrogens is 196 g/mol. The molecule has 0 aliphatic rings. The summed E-state index contributed by atoms with van der Waals surface area (Å²) in [5.74, 6) is 0. The molecule has 0 bridgehead atoms. The molecule has 0 aromatic carbocycles. The second kappa shape index (κ2) is 11.2. The summed E-state index contributed by atoms with van der Waals surface area (Å²) in [5, 5.41) is 3.23. The summed E-state index contributed by atoms with van der Waals surface area (Å²) in [7, 11) is 2.02. The third kappa shape index (κ3) is 7.02. The van der Waals surface area contributed by atoms with Gasteiger partial charge in [0.2, 0.25) is 0 Å². The van der Waals surface area contributed by atoms with Crippen LogP contribution in [-0.2, 0) is 0 Å². The molecule has 2 nitrogen and oxygen atoms in total. The minimum absolute atomic E-state index is 0.637. The van der Waals surface area contributed by atoms with E-state index < -0.39 is 0 Å². The second-order valence-corrected chi connectivity index (χ2v) is 4.28. The van der Waals surface area contributed by atoms with Gasteiger partial charge in [-0.05, 0) is 26.4 Å². The third-order valence-corrected chi connectivity index (χ3v) is 2.97. The van der Waals surface area contributed by atoms with E-state index in [4.69, 9.17) is 0 Å². The van der Waals surface area contributed by atoms with E-state index in [1.54, 1.807) is 0 Å². The van der Waals surface area contributed by atoms with Crippen molar-refractivity contribution in [2.75, 3.05) is 26.7 Å². The first-order valence-corrected chi connectivity index (χ1v) is 6.85. The molecule has 0 rings (SSSR count). The molecule has 0 aromatic rings. The molecule has 0 aliphatic heterocycles. The van der Waals surface area contributed by atoms with Crippen LogP contribution in [-0.4, -0.2) is 37.6 Å². The molecule has 0 aliphatic carbocycles. The van der Waals surface area contributed by atoms with Crippen LogP contribution in [0.15, 0.2) is 12.2 Å². The Morgan fingerprint density at radius 1 is 1.25 bits per heavy atom. The molecule has 0 fully saturated rings. The van der Waals surface area contributed by atoms with Crippen molar-refractivity contribution in [3.63, 3.8) is 0 Å². The summed E-state index contributed by atoms with van der Waals surface area (Å²) in [4.78, 5) is 2.57. The van der Waals surface area contributed by atoms with Crippen molar-refractivity contribution in [2.45, 2.75) is 52.5 Å². The van der Waals surface area contributed by atoms with E-state index in [9.17, 15) is 0 Å². The fraction of sp³-hybridized carbons (Fsp3) is 0.857. The van der Waals surface area contributed by atoms with Crippen LogP contribution in [0.1, 0.15) is 46.5 Å². The van der Waals surface area contributed by atoms with Gasteiger partial charge in [-0.1, -0.05) is 45.8 Å². The molecule has 16 heavy (non-hydrogen) atoms. The average Bonchev–Trinajstić information content (AvgIpc) is 2.32. The van der Waals surface area contributed by atoms with Crippen LogP contribution in [0.5, 0.6) is 0 Å². The Morgan fingerprint density at radius 3 is 2.50 bits per heavy atom. The van der Waals surface area contributed by atoms with Gasteiger partial charge in [-0.3, -0.25) is 4.90 Å². The molecule has 1 N–H and O–H groups in total. The molecule has 0 amide bonds. The lowest BCUT2D eigenvalue weighted by atomic mass is 10.1. The number of allylic oxidation sites excluding steroid dienone is 1. The Bertz CT molecular complexity index is 166. The van der Waals surface area contributed by atoms with Crippen molar-refractivity contribution in [1.82, 2.24) is 10.2 Å². The maximum Gasteiger partial charge on any atom is 0.0278 e. The molecule has 96 valence electrons. The van der Waals surface area contributed by atoms with Gasteiger partial charge in [0.1, 0.15) is 0 Å². The quantitative estimate of drug-likeness (QED) is 0.576. The minimum Gasteiger partial charge on any atom is -0.318 e. The maximum atomic E-state index is 3.23. The average molecular weight is 226 g/mol. The van der Waals surface area contributed by atoms with E-state index in [0.717, 1.165) is 26.1 Å². The second-order valence-electron chi connectivity index (χ2n) is 4.28. The maximum absolute atomic E-state index is 3.23. The predicted octanol–water partition coefficient (Wildman–Crippen LogP) is 3.05. The van der Waals surface area contributed by atoms with Gasteiger partial charge in [0.15, 0.2) is 0 Å². The first-order valence-electron chi connectivity index (χ1n) is 6.85. The fourth-order valence-electron chi connectivity index (χ4n) is 1.92. The lowest BCUT2D eigenvalue weighted by molar-refractivity contribution is 0.230. The third-order valence-electron chi connectivity index (χ3n) is 2.97. The minimum atomic E-state index is 0.637. The highest BCUT2D eigenvalue weighted by atomic mass is 15.2. The van der Waals surface area contributed by atoms with Gasteiger partial charge < -0.3 is 5.32 Å². The van der Waals surface area contributed by atoms with Crippen LogP contribution < -0.4 is 5.32 Å². The van der Waals surface area contributed by atoms with Crippen LogP contribution in [0.4, 0.5) is 0 Å². The van der Waals surface area contributed by atoms with Crippen molar-refractivity contribution >= 4 is 0 Å². The van der Waals surface area contributed by atoms with E-state index in [2.05, 4.69) is 43.1 Å². The van der Waals surface area contributed by atoms with Crippen LogP contribution in [0.25, 0.3) is 0 Å². The molecule has 0 aromatic heterocycles. The summed E-state index contributed by atoms with van der Waals surface area (Å²) >= 11 is 0. The Hall–Kier alpha value is -0.340. The van der Waals surface area contributed by atoms with E-state index in [0.29, 0.717) is 6.04 Å². The molecule has 0 spiro atoms. The highest BCUT2D eigenvalue weighted by Crippen LogP contribution is 2.10. The molecule has 0 heterocycles. The normalized spacial score (nSPS) is 13.8. The number of hydrogen-bond acceptors (Lipinski definition) is 2. The Kier molecular flexibility index (Phi) is 10.9. The highest BCUT2D eigenvalue weighted by molar-refractivity contribution is 4.94. The van der Waals surface area contributed by atoms with Gasteiger partial charge in [-0.25, -0.2) is 0 Å². The van der Waals surface area contributed by atoms with Crippen molar-refractivity contribution < 1.29 is 0 Å². The number of likely N-dealkylation sites (N-methyl/N-ethyl adjacent to an activating group) is 2. The highest BCUT2D eigenvalue weighted by Gasteiger charge is 2.12. The summed E-state index contributed by atoms with van der Waals surface area (Å²) < 4.78 is 0. The molecule has 2 heteroatoms. The van der Waals surface area contributed by atoms with Crippen LogP contribution in [0, 0.1) is 0 Å². The zero-order chi connectivity index (χ0) is 12.2. The van der Waals surface area contributed by atoms with Crippen molar-refractivity contribution in [3.05, 3.63) is 12.2 Å². The SMILES string of the molecule is CCC=CC(CCCC)N(CC)CCNC. The number of unbranched alkanes of at least 4 members (excludes halogenated alkanes) is 1. The smallest absolute Gasteiger partial charge is 0.0278 e. The van der Waals surface area contributed by atoms with Gasteiger partial charge in [0.25, 0.3) is 0 Å². The van der Waals surface area contributed by atoms with Crippen molar-refractivity contribution in [1.29, 1.82) is 0 Å². The molecule has 0 radical (unpaired) electrons. The van der Waals surface area contributed by atoms with Gasteiger partial charge in [-0.15, -0.1) is 0 Å². The molecule has 1 unspecified atom stereocenters. The molecular formula is C14H30N2. The fourth-order valence-corrected chi connectivity index (χ4v) is 1.92. The van der Waals surface area contributed by atoms with Crippen molar-refractivity contribution in [2.24, 2.45) is 0 Å². The molecule has 1 atom stereocenters. The van der Waals surface area contributed by atoms with Gasteiger partial charge in [-0.2, -0.15) is 0 Å². The summed E-state index contributed by atoms with van der Waals surface area (Å²) in [6.07, 6.45) is 9.77. The van der Waals surface area contributed by atoms with E-state index in [-0.39, 0.29) is 0 Å². The lowest BCUT2D eigenvalue weighted by Crippen LogP contribution is -2.38. The largest absolute Gasteiger partial charge is 0.318 e. The van der Waals surface area contributed by atoms with Crippen molar-refractivity contribution in [3.8, 4) is 0 Å². The summed E-state index contributed by atoms with van der Waals surface area (Å²) in [5.41, 5.74) is 0. The number of nitrogens with zero attached hydrogens (tertiary/aromatic N) is 1. The lowest BCUT2D eigenvalue weighted by Gasteiger charge is -2.28. The number of rotatable bonds is 10. The number of nitrogens with one attached hydrogen (secondary N) is 1. The summed E-state index contributed by atoms with van der Waals surface area (Å²) in [6.45, 7) is 10.1. The van der Waals surface area contributed by atoms with Crippen LogP contribution in [0.3, 0.4) is 0 Å². The van der Waals surface area contributed by atoms with E-state index >= 15 is 0 Å². The van der Waals surface area contributed by atoms with Gasteiger partial charge in [0.05, 0.1) is 0 Å². The van der Waals surface area contributed by atoms with E-state index in [1.165, 1.54) is 19.3 Å². The Labute approximate surface area is 102 Å². The number of hydrogen-bond donors (Lipinski definition) is 1. The zero-order valence-electron chi connectivity index (χ0n) is 11.6. The standard InChI is InChI=1S/C14H30N2/c1-5-8-10-14(11-9-6-2)16(7-3)13-12-15-4/h8,10,14-15H,5-7,9,11-13H2,1-4H3. The van der Waals surface area contributed by atoms with E-state index in [1.807, 2.05) is 7.05 Å². The van der Waals surface area contributed by atoms with Crippen LogP contribution >= 0.6 is 0 Å². The molecule has 0 saturated heterocycles. The monoisotopic (exact) mass is 226 g/mol. The Morgan fingerprint density at radius 2 is 2.00 bits per heavy atom. The van der Waals surface area contributed by atoms with Crippen LogP contribution in [0.2, 0.25) is 0 Å². The Balaban J connectivity index is 4.23. The molecule has 0 saturated carbocycles. The zero-order valence-corrected chi connectivity index (χ0v) is 11.6. The first-order chi connectivity index (χ1) is 7.79. The topological polar surface area (TPSA) is 15.3 Å².